The molecule has 0 amide bonds. The van der Waals surface area contributed by atoms with E-state index in [1.165, 1.54) is 11.1 Å². The Morgan fingerprint density at radius 2 is 2.21 bits per heavy atom. The summed E-state index contributed by atoms with van der Waals surface area (Å²) < 4.78 is 34.0. The monoisotopic (exact) mass is 425 g/mol. The van der Waals surface area contributed by atoms with Crippen LogP contribution in [0.25, 0.3) is 0 Å². The summed E-state index contributed by atoms with van der Waals surface area (Å²) in [7, 11) is 0. The van der Waals surface area contributed by atoms with Gasteiger partial charge in [-0.1, -0.05) is 0 Å². The van der Waals surface area contributed by atoms with Gasteiger partial charge in [-0.3, -0.25) is 4.79 Å². The third kappa shape index (κ3) is 5.51. The third-order valence-corrected chi connectivity index (χ3v) is 4.10. The maximum Gasteiger partial charge on any atom is 0.306 e. The Kier molecular flexibility index (Phi) is 5.69. The minimum atomic E-state index is -2.93. The van der Waals surface area contributed by atoms with Crippen LogP contribution in [-0.2, 0) is 9.53 Å². The van der Waals surface area contributed by atoms with Crippen LogP contribution in [0.4, 0.5) is 14.6 Å². The van der Waals surface area contributed by atoms with Gasteiger partial charge in [0.05, 0.1) is 17.4 Å². The van der Waals surface area contributed by atoms with E-state index in [-0.39, 0.29) is 24.7 Å². The summed E-state index contributed by atoms with van der Waals surface area (Å²) in [6, 6.07) is 0. The highest BCUT2D eigenvalue weighted by atomic mass is 79.9. The van der Waals surface area contributed by atoms with Gasteiger partial charge in [-0.05, 0) is 54.2 Å². The molecule has 24 heavy (non-hydrogen) atoms. The van der Waals surface area contributed by atoms with Crippen LogP contribution in [0.5, 0.6) is 0 Å². The molecule has 0 aromatic carbocycles. The van der Waals surface area contributed by atoms with Crippen LogP contribution in [0.2, 0.25) is 5.28 Å². The molecule has 1 fully saturated rings. The minimum absolute atomic E-state index is 0.0224. The summed E-state index contributed by atoms with van der Waals surface area (Å²) in [5, 5.41) is -0.0224. The molecule has 9 heteroatoms. The lowest BCUT2D eigenvalue weighted by Crippen LogP contribution is -2.48. The first-order valence-electron chi connectivity index (χ1n) is 7.48. The van der Waals surface area contributed by atoms with E-state index < -0.39 is 30.0 Å². The number of alkyl halides is 2. The van der Waals surface area contributed by atoms with Crippen molar-refractivity contribution in [2.45, 2.75) is 45.1 Å². The normalized spacial score (nSPS) is 20.8. The molecule has 134 valence electrons. The average Bonchev–Trinajstić information content (AvgIpc) is 2.37. The van der Waals surface area contributed by atoms with Gasteiger partial charge in [-0.2, -0.15) is 4.98 Å². The van der Waals surface area contributed by atoms with E-state index in [0.717, 1.165) is 0 Å². The van der Waals surface area contributed by atoms with Crippen LogP contribution >= 0.6 is 27.5 Å². The molecule has 1 aliphatic heterocycles. The molecule has 0 N–H and O–H groups in total. The van der Waals surface area contributed by atoms with E-state index >= 15 is 0 Å². The molecule has 2 rings (SSSR count). The number of halogens is 4. The van der Waals surface area contributed by atoms with Crippen molar-refractivity contribution in [2.75, 3.05) is 18.0 Å². The van der Waals surface area contributed by atoms with Gasteiger partial charge in [0.25, 0.3) is 5.92 Å². The highest BCUT2D eigenvalue weighted by Gasteiger charge is 2.42. The number of hydrogen-bond acceptors (Lipinski definition) is 5. The van der Waals surface area contributed by atoms with Gasteiger partial charge in [-0.15, -0.1) is 0 Å². The van der Waals surface area contributed by atoms with Crippen molar-refractivity contribution < 1.29 is 18.3 Å². The van der Waals surface area contributed by atoms with Crippen molar-refractivity contribution in [3.8, 4) is 0 Å². The molecule has 0 saturated carbocycles. The summed E-state index contributed by atoms with van der Waals surface area (Å²) in [6.45, 7) is 5.01. The summed E-state index contributed by atoms with van der Waals surface area (Å²) in [5.74, 6) is -3.65. The summed E-state index contributed by atoms with van der Waals surface area (Å²) in [6.07, 6.45) is 0.985. The molecule has 0 bridgehead atoms. The SMILES string of the molecule is CC(C)(C)OC(=O)CC1CN(c2nc(Cl)ncc2Br)CC(F)(F)C1. The number of rotatable bonds is 3. The van der Waals surface area contributed by atoms with Gasteiger partial charge in [0, 0.05) is 19.2 Å². The fourth-order valence-corrected chi connectivity index (χ4v) is 3.25. The quantitative estimate of drug-likeness (QED) is 0.538. The number of hydrogen-bond donors (Lipinski definition) is 0. The molecule has 0 radical (unpaired) electrons. The first-order valence-corrected chi connectivity index (χ1v) is 8.65. The fraction of sp³-hybridized carbons (Fsp3) is 0.667. The van der Waals surface area contributed by atoms with Crippen LogP contribution < -0.4 is 4.90 Å². The molecular formula is C15H19BrClF2N3O2. The zero-order chi connectivity index (χ0) is 18.1. The number of piperidine rings is 1. The predicted molar refractivity (Wildman–Crippen MR) is 90.5 cm³/mol. The smallest absolute Gasteiger partial charge is 0.306 e. The molecule has 0 spiro atoms. The van der Waals surface area contributed by atoms with E-state index in [4.69, 9.17) is 16.3 Å². The Bertz CT molecular complexity index is 625. The van der Waals surface area contributed by atoms with E-state index in [0.29, 0.717) is 10.3 Å². The van der Waals surface area contributed by atoms with Crippen molar-refractivity contribution in [1.29, 1.82) is 0 Å². The molecular weight excluding hydrogens is 408 g/mol. The number of carbonyl (C=O) groups is 1. The van der Waals surface area contributed by atoms with E-state index in [9.17, 15) is 13.6 Å². The number of nitrogens with zero attached hydrogens (tertiary/aromatic N) is 3. The highest BCUT2D eigenvalue weighted by molar-refractivity contribution is 9.10. The largest absolute Gasteiger partial charge is 0.460 e. The van der Waals surface area contributed by atoms with Crippen LogP contribution in [0.15, 0.2) is 10.7 Å². The zero-order valence-corrected chi connectivity index (χ0v) is 16.0. The second-order valence-corrected chi connectivity index (χ2v) is 8.10. The van der Waals surface area contributed by atoms with Crippen LogP contribution in [0.3, 0.4) is 0 Å². The molecule has 1 saturated heterocycles. The maximum absolute atomic E-state index is 14.1. The Morgan fingerprint density at radius 3 is 2.83 bits per heavy atom. The second kappa shape index (κ2) is 7.07. The van der Waals surface area contributed by atoms with Crippen molar-refractivity contribution in [3.63, 3.8) is 0 Å². The standard InChI is InChI=1S/C15H19BrClF2N3O2/c1-14(2,3)24-11(23)4-9-5-15(18,19)8-22(7-9)12-10(16)6-20-13(17)21-12/h6,9H,4-5,7-8H2,1-3H3. The number of aromatic nitrogens is 2. The van der Waals surface area contributed by atoms with Gasteiger partial charge < -0.3 is 9.64 Å². The zero-order valence-electron chi connectivity index (χ0n) is 13.7. The summed E-state index contributed by atoms with van der Waals surface area (Å²) in [4.78, 5) is 21.2. The number of ether oxygens (including phenoxy) is 1. The Morgan fingerprint density at radius 1 is 1.54 bits per heavy atom. The van der Waals surface area contributed by atoms with Crippen LogP contribution in [-0.4, -0.2) is 40.6 Å². The van der Waals surface area contributed by atoms with Gasteiger partial charge in [-0.25, -0.2) is 13.8 Å². The Labute approximate surface area is 152 Å². The number of esters is 1. The van der Waals surface area contributed by atoms with Crippen molar-refractivity contribution in [1.82, 2.24) is 9.97 Å². The molecule has 1 aromatic heterocycles. The van der Waals surface area contributed by atoms with Crippen molar-refractivity contribution >= 4 is 39.3 Å². The molecule has 1 aromatic rings. The molecule has 2 heterocycles. The van der Waals surface area contributed by atoms with E-state index in [1.807, 2.05) is 0 Å². The highest BCUT2D eigenvalue weighted by Crippen LogP contribution is 2.36. The van der Waals surface area contributed by atoms with Gasteiger partial charge in [0.1, 0.15) is 11.4 Å². The lowest BCUT2D eigenvalue weighted by Gasteiger charge is -2.38. The minimum Gasteiger partial charge on any atom is -0.460 e. The topological polar surface area (TPSA) is 55.3 Å². The van der Waals surface area contributed by atoms with E-state index in [2.05, 4.69) is 25.9 Å². The Hall–Kier alpha value is -1.02. The van der Waals surface area contributed by atoms with E-state index in [1.54, 1.807) is 20.8 Å². The molecule has 0 aliphatic carbocycles. The summed E-state index contributed by atoms with van der Waals surface area (Å²) >= 11 is 9.02. The van der Waals surface area contributed by atoms with Crippen LogP contribution in [0, 0.1) is 5.92 Å². The van der Waals surface area contributed by atoms with Gasteiger partial charge >= 0.3 is 5.97 Å². The van der Waals surface area contributed by atoms with Gasteiger partial charge in [0.15, 0.2) is 0 Å². The van der Waals surface area contributed by atoms with Crippen molar-refractivity contribution in [3.05, 3.63) is 16.0 Å². The third-order valence-electron chi connectivity index (χ3n) is 3.36. The number of anilines is 1. The fourth-order valence-electron chi connectivity index (χ4n) is 2.68. The predicted octanol–water partition coefficient (Wildman–Crippen LogP) is 4.09. The maximum atomic E-state index is 14.1. The lowest BCUT2D eigenvalue weighted by molar-refractivity contribution is -0.156. The first kappa shape index (κ1) is 19.3. The number of carbonyl (C=O) groups excluding carboxylic acids is 1. The molecule has 5 nitrogen and oxygen atoms in total. The summed E-state index contributed by atoms with van der Waals surface area (Å²) in [5.41, 5.74) is -0.642. The molecule has 1 atom stereocenters. The average molecular weight is 427 g/mol. The lowest BCUT2D eigenvalue weighted by atomic mass is 9.92. The molecule has 1 unspecified atom stereocenters. The Balaban J connectivity index is 2.15. The molecule has 1 aliphatic rings. The van der Waals surface area contributed by atoms with Crippen LogP contribution in [0.1, 0.15) is 33.6 Å². The first-order chi connectivity index (χ1) is 11.0. The second-order valence-electron chi connectivity index (χ2n) is 6.91. The van der Waals surface area contributed by atoms with Gasteiger partial charge in [0.2, 0.25) is 5.28 Å². The van der Waals surface area contributed by atoms with Crippen molar-refractivity contribution in [2.24, 2.45) is 5.92 Å².